The van der Waals surface area contributed by atoms with Crippen molar-refractivity contribution in [3.05, 3.63) is 70.3 Å². The highest BCUT2D eigenvalue weighted by Crippen LogP contribution is 2.37. The number of halogens is 2. The quantitative estimate of drug-likeness (QED) is 0.0798. The van der Waals surface area contributed by atoms with Crippen LogP contribution in [0.1, 0.15) is 190 Å². The molecule has 7 aliphatic rings. The van der Waals surface area contributed by atoms with Gasteiger partial charge in [0, 0.05) is 37.0 Å². The van der Waals surface area contributed by atoms with E-state index in [0.29, 0.717) is 62.7 Å². The molecule has 10 atom stereocenters. The minimum Gasteiger partial charge on any atom is -0.351 e. The Kier molecular flexibility index (Phi) is 21.5. The smallest absolute Gasteiger partial charge is 0.246 e. The van der Waals surface area contributed by atoms with E-state index >= 15 is 9.59 Å². The van der Waals surface area contributed by atoms with Gasteiger partial charge in [-0.25, -0.2) is 8.78 Å². The number of amides is 8. The molecule has 5 fully saturated rings. The molecule has 20 heteroatoms. The predicted octanol–water partition coefficient (Wildman–Crippen LogP) is 5.76. The van der Waals surface area contributed by atoms with Crippen molar-refractivity contribution in [2.75, 3.05) is 26.2 Å². The number of carbonyl (C=O) groups is 8. The molecule has 460 valence electrons. The molecule has 2 aliphatic heterocycles. The van der Waals surface area contributed by atoms with E-state index in [1.165, 1.54) is 34.1 Å². The summed E-state index contributed by atoms with van der Waals surface area (Å²) in [6.07, 6.45) is 14.9. The third-order valence-corrected chi connectivity index (χ3v) is 19.6. The van der Waals surface area contributed by atoms with E-state index in [1.54, 1.807) is 26.0 Å². The van der Waals surface area contributed by atoms with Crippen LogP contribution in [0.3, 0.4) is 0 Å². The third-order valence-electron chi connectivity index (χ3n) is 19.6. The number of hydrogen-bond donors (Lipinski definition) is 8. The minimum absolute atomic E-state index is 0.0491. The van der Waals surface area contributed by atoms with Crippen molar-refractivity contribution in [1.29, 1.82) is 0 Å². The predicted molar refractivity (Wildman–Crippen MR) is 313 cm³/mol. The van der Waals surface area contributed by atoms with Crippen LogP contribution in [0.15, 0.2) is 36.4 Å². The first-order valence-corrected chi connectivity index (χ1v) is 32.0. The number of carbonyl (C=O) groups excluding carboxylic acids is 8. The molecule has 3 saturated carbocycles. The molecule has 0 spiro atoms. The van der Waals surface area contributed by atoms with Crippen molar-refractivity contribution in [3.8, 4) is 0 Å². The van der Waals surface area contributed by atoms with Gasteiger partial charge in [-0.3, -0.25) is 38.4 Å². The monoisotopic (exact) mass is 1170 g/mol. The highest BCUT2D eigenvalue weighted by atomic mass is 19.1. The Bertz CT molecular complexity index is 2510. The van der Waals surface area contributed by atoms with Gasteiger partial charge in [-0.1, -0.05) is 64.5 Å². The maximum Gasteiger partial charge on any atom is 0.246 e. The van der Waals surface area contributed by atoms with Crippen molar-refractivity contribution in [2.45, 2.75) is 229 Å². The second-order valence-corrected chi connectivity index (χ2v) is 25.4. The summed E-state index contributed by atoms with van der Waals surface area (Å²) in [5.41, 5.74) is 3.35. The lowest BCUT2D eigenvalue weighted by molar-refractivity contribution is -0.143. The number of benzene rings is 2. The van der Waals surface area contributed by atoms with Crippen molar-refractivity contribution in [2.24, 2.45) is 23.7 Å². The molecular weight excluding hydrogens is 1070 g/mol. The van der Waals surface area contributed by atoms with Crippen molar-refractivity contribution >= 4 is 47.3 Å². The summed E-state index contributed by atoms with van der Waals surface area (Å²) in [7, 11) is 0. The van der Waals surface area contributed by atoms with E-state index in [4.69, 9.17) is 0 Å². The Morgan fingerprint density at radius 3 is 1.24 bits per heavy atom. The summed E-state index contributed by atoms with van der Waals surface area (Å²) < 4.78 is 29.2. The SMILES string of the molecule is CCN[C@@H](C)C(=O)N[C@H](C(=O)N1C[C@@H](NC(=O)C2CCC(C(=O)N[C@H]3C[C@@H](C(=O)N[C@@H]4CCCc5ccc(F)cc54)N(C(=O)[C@@H](NC(=O)[C@H](C)NCC)C4CCCCC4)C3)CC2)C[C@H]1C(=O)N[C@H]1CCCc2ccc(F)cc21)C1CCCCC1. The number of aryl methyl sites for hydroxylation is 2. The highest BCUT2D eigenvalue weighted by molar-refractivity contribution is 5.95. The van der Waals surface area contributed by atoms with Gasteiger partial charge < -0.3 is 52.3 Å². The number of likely N-dealkylation sites (tertiary alicyclic amines) is 2. The van der Waals surface area contributed by atoms with Crippen LogP contribution in [-0.4, -0.2) is 132 Å². The fourth-order valence-electron chi connectivity index (χ4n) is 14.9. The second-order valence-electron chi connectivity index (χ2n) is 25.4. The summed E-state index contributed by atoms with van der Waals surface area (Å²) in [6, 6.07) is 2.38. The summed E-state index contributed by atoms with van der Waals surface area (Å²) in [6.45, 7) is 8.53. The largest absolute Gasteiger partial charge is 0.351 e. The Hall–Kier alpha value is -6.02. The van der Waals surface area contributed by atoms with Gasteiger partial charge >= 0.3 is 0 Å². The standard InChI is InChI=1S/C64H92F2N10O8/c1-5-67-37(3)57(77)73-55(41-15-9-7-10-16-41)63(83)75-35-47(33-53(75)61(81)71-51-21-13-19-39-27-29-45(65)31-49(39)51)69-59(79)43-23-25-44(26-24-43)60(80)70-48-34-54(62(82)72-52-22-14-20-40-28-30-46(66)32-50(40)52)76(36-48)64(84)56(42-17-11-8-12-18-42)74-58(78)38(4)68-6-2/h27-32,37-38,41-44,47-48,51-56,67-68H,5-26,33-36H2,1-4H3,(H,69,79)(H,70,80)(H,71,81)(H,72,82)(H,73,77)(H,74,78)/t37-,38-,43?,44?,47-,48-,51-,52+,53-,54-,55-,56-/m0/s1. The first-order chi connectivity index (χ1) is 40.5. The maximum atomic E-state index is 15.0. The molecule has 18 nitrogen and oxygen atoms in total. The molecular formula is C64H92F2N10O8. The normalized spacial score (nSPS) is 27.0. The fraction of sp³-hybridized carbons (Fsp3) is 0.688. The molecule has 0 unspecified atom stereocenters. The van der Waals surface area contributed by atoms with Gasteiger partial charge in [0.15, 0.2) is 0 Å². The lowest BCUT2D eigenvalue weighted by Gasteiger charge is -2.35. The molecule has 2 heterocycles. The van der Waals surface area contributed by atoms with Crippen LogP contribution in [0, 0.1) is 35.3 Å². The molecule has 2 saturated heterocycles. The van der Waals surface area contributed by atoms with Gasteiger partial charge in [-0.05, 0) is 188 Å². The average Bonchev–Trinajstić information content (AvgIpc) is 3.52. The number of nitrogens with zero attached hydrogens (tertiary/aromatic N) is 2. The van der Waals surface area contributed by atoms with E-state index in [0.717, 1.165) is 101 Å². The Morgan fingerprint density at radius 2 is 0.869 bits per heavy atom. The number of fused-ring (bicyclic) bond motifs is 2. The van der Waals surface area contributed by atoms with Crippen molar-refractivity contribution in [3.63, 3.8) is 0 Å². The summed E-state index contributed by atoms with van der Waals surface area (Å²) >= 11 is 0. The van der Waals surface area contributed by atoms with Crippen LogP contribution in [-0.2, 0) is 51.2 Å². The van der Waals surface area contributed by atoms with Gasteiger partial charge in [-0.15, -0.1) is 0 Å². The Balaban J connectivity index is 0.865. The lowest BCUT2D eigenvalue weighted by atomic mass is 9.81. The number of hydrogen-bond acceptors (Lipinski definition) is 10. The van der Waals surface area contributed by atoms with E-state index in [-0.39, 0.29) is 73.2 Å². The van der Waals surface area contributed by atoms with Crippen LogP contribution >= 0.6 is 0 Å². The van der Waals surface area contributed by atoms with E-state index in [2.05, 4.69) is 42.5 Å². The molecule has 2 aromatic rings. The van der Waals surface area contributed by atoms with Crippen LogP contribution in [0.4, 0.5) is 8.78 Å². The Morgan fingerprint density at radius 1 is 0.488 bits per heavy atom. The molecule has 2 aromatic carbocycles. The van der Waals surface area contributed by atoms with Crippen LogP contribution in [0.2, 0.25) is 0 Å². The molecule has 8 N–H and O–H groups in total. The van der Waals surface area contributed by atoms with Gasteiger partial charge in [0.1, 0.15) is 35.8 Å². The first kappa shape index (κ1) is 62.5. The van der Waals surface area contributed by atoms with Gasteiger partial charge in [0.25, 0.3) is 0 Å². The van der Waals surface area contributed by atoms with Gasteiger partial charge in [0.2, 0.25) is 47.3 Å². The minimum atomic E-state index is -0.972. The number of nitrogens with one attached hydrogen (secondary N) is 8. The number of rotatable bonds is 20. The maximum absolute atomic E-state index is 15.0. The topological polar surface area (TPSA) is 239 Å². The second kappa shape index (κ2) is 28.9. The first-order valence-electron chi connectivity index (χ1n) is 32.0. The molecule has 0 radical (unpaired) electrons. The molecule has 0 bridgehead atoms. The van der Waals surface area contributed by atoms with Crippen LogP contribution < -0.4 is 42.5 Å². The van der Waals surface area contributed by atoms with Crippen molar-refractivity contribution in [1.82, 2.24) is 52.3 Å². The van der Waals surface area contributed by atoms with E-state index < -0.39 is 95.7 Å². The van der Waals surface area contributed by atoms with Gasteiger partial charge in [-0.2, -0.15) is 0 Å². The molecule has 0 aromatic heterocycles. The zero-order valence-corrected chi connectivity index (χ0v) is 49.8. The molecule has 5 aliphatic carbocycles. The van der Waals surface area contributed by atoms with E-state index in [1.807, 2.05) is 13.8 Å². The average molecular weight is 1170 g/mol. The van der Waals surface area contributed by atoms with Crippen LogP contribution in [0.25, 0.3) is 0 Å². The Labute approximate surface area is 494 Å². The fourth-order valence-corrected chi connectivity index (χ4v) is 14.9. The lowest BCUT2D eigenvalue weighted by Crippen LogP contribution is -2.58. The number of likely N-dealkylation sites (N-methyl/N-ethyl adjacent to an activating group) is 2. The third kappa shape index (κ3) is 15.1. The molecule has 8 amide bonds. The zero-order chi connectivity index (χ0) is 59.6. The molecule has 9 rings (SSSR count). The van der Waals surface area contributed by atoms with Crippen LogP contribution in [0.5, 0.6) is 0 Å². The van der Waals surface area contributed by atoms with E-state index in [9.17, 15) is 37.5 Å². The molecule has 84 heavy (non-hydrogen) atoms. The summed E-state index contributed by atoms with van der Waals surface area (Å²) in [5, 5.41) is 25.1. The highest BCUT2D eigenvalue weighted by Gasteiger charge is 2.48. The van der Waals surface area contributed by atoms with Crippen molar-refractivity contribution < 1.29 is 47.1 Å². The summed E-state index contributed by atoms with van der Waals surface area (Å²) in [4.78, 5) is 118. The summed E-state index contributed by atoms with van der Waals surface area (Å²) in [5.74, 6) is -4.57. The zero-order valence-electron chi connectivity index (χ0n) is 49.8. The van der Waals surface area contributed by atoms with Gasteiger partial charge in [0.05, 0.1) is 24.2 Å².